The molecule has 0 aliphatic rings. The first-order valence-electron chi connectivity index (χ1n) is 6.17. The van der Waals surface area contributed by atoms with Crippen molar-refractivity contribution < 1.29 is 9.90 Å². The zero-order chi connectivity index (χ0) is 13.5. The van der Waals surface area contributed by atoms with Gasteiger partial charge in [-0.15, -0.1) is 0 Å². The number of hydrogen-bond acceptors (Lipinski definition) is 2. The van der Waals surface area contributed by atoms with Crippen LogP contribution in [0.1, 0.15) is 25.8 Å². The molecule has 3 nitrogen and oxygen atoms in total. The molecule has 0 aliphatic heterocycles. The molecule has 0 aromatic heterocycles. The summed E-state index contributed by atoms with van der Waals surface area (Å²) in [5, 5.41) is 11.9. The van der Waals surface area contributed by atoms with Crippen molar-refractivity contribution >= 4 is 21.8 Å². The second-order valence-corrected chi connectivity index (χ2v) is 5.65. The minimum absolute atomic E-state index is 0.00414. The molecule has 0 saturated carbocycles. The van der Waals surface area contributed by atoms with E-state index in [2.05, 4.69) is 21.2 Å². The molecule has 1 rings (SSSR count). The van der Waals surface area contributed by atoms with Crippen molar-refractivity contribution in [1.82, 2.24) is 5.32 Å². The van der Waals surface area contributed by atoms with Gasteiger partial charge in [-0.05, 0) is 30.0 Å². The van der Waals surface area contributed by atoms with Gasteiger partial charge in [0.2, 0.25) is 5.91 Å². The second kappa shape index (κ2) is 7.54. The fraction of sp³-hybridized carbons (Fsp3) is 0.500. The Hall–Kier alpha value is -0.870. The highest BCUT2D eigenvalue weighted by Gasteiger charge is 2.15. The summed E-state index contributed by atoms with van der Waals surface area (Å²) in [7, 11) is 0. The highest BCUT2D eigenvalue weighted by Crippen LogP contribution is 2.11. The molecule has 0 bridgehead atoms. The van der Waals surface area contributed by atoms with Crippen LogP contribution in [0.3, 0.4) is 0 Å². The van der Waals surface area contributed by atoms with Crippen molar-refractivity contribution in [3.63, 3.8) is 0 Å². The molecule has 0 fully saturated rings. The van der Waals surface area contributed by atoms with E-state index in [4.69, 9.17) is 5.11 Å². The number of benzene rings is 1. The maximum atomic E-state index is 11.9. The highest BCUT2D eigenvalue weighted by atomic mass is 79.9. The topological polar surface area (TPSA) is 49.3 Å². The van der Waals surface area contributed by atoms with Gasteiger partial charge in [-0.25, -0.2) is 0 Å². The predicted molar refractivity (Wildman–Crippen MR) is 76.3 cm³/mol. The Morgan fingerprint density at radius 3 is 2.44 bits per heavy atom. The summed E-state index contributed by atoms with van der Waals surface area (Å²) in [5.74, 6) is 0.329. The number of rotatable bonds is 6. The summed E-state index contributed by atoms with van der Waals surface area (Å²) in [6, 6.07) is 7.75. The molecule has 1 atom stereocenters. The molecule has 0 aliphatic carbocycles. The molecule has 1 amide bonds. The predicted octanol–water partition coefficient (Wildman–Crippen LogP) is 2.51. The third-order valence-electron chi connectivity index (χ3n) is 2.87. The zero-order valence-corrected chi connectivity index (χ0v) is 12.4. The van der Waals surface area contributed by atoms with Crippen molar-refractivity contribution in [3.05, 3.63) is 34.3 Å². The minimum Gasteiger partial charge on any atom is -0.396 e. The number of carbonyl (C=O) groups is 1. The lowest BCUT2D eigenvalue weighted by molar-refractivity contribution is -0.121. The number of hydrogen-bond donors (Lipinski definition) is 2. The summed E-state index contributed by atoms with van der Waals surface area (Å²) in [4.78, 5) is 11.9. The molecule has 1 aromatic rings. The average Bonchev–Trinajstić information content (AvgIpc) is 2.31. The third kappa shape index (κ3) is 5.19. The molecule has 0 saturated heterocycles. The standard InChI is InChI=1S/C14H20BrNO2/c1-10(2)13(7-8-17)16-14(18)9-11-3-5-12(15)6-4-11/h3-6,10,13,17H,7-9H2,1-2H3,(H,16,18). The van der Waals surface area contributed by atoms with Gasteiger partial charge in [0.05, 0.1) is 6.42 Å². The second-order valence-electron chi connectivity index (χ2n) is 4.73. The van der Waals surface area contributed by atoms with E-state index in [0.29, 0.717) is 18.8 Å². The number of nitrogens with one attached hydrogen (secondary N) is 1. The molecule has 100 valence electrons. The molecule has 4 heteroatoms. The first kappa shape index (κ1) is 15.2. The maximum Gasteiger partial charge on any atom is 0.224 e. The van der Waals surface area contributed by atoms with Crippen LogP contribution in [-0.4, -0.2) is 23.7 Å². The van der Waals surface area contributed by atoms with Gasteiger partial charge in [0.15, 0.2) is 0 Å². The monoisotopic (exact) mass is 313 g/mol. The summed E-state index contributed by atoms with van der Waals surface area (Å²) in [5.41, 5.74) is 0.988. The van der Waals surface area contributed by atoms with Crippen molar-refractivity contribution in [1.29, 1.82) is 0 Å². The Kier molecular flexibility index (Phi) is 6.36. The molecule has 0 spiro atoms. The van der Waals surface area contributed by atoms with Crippen LogP contribution >= 0.6 is 15.9 Å². The largest absolute Gasteiger partial charge is 0.396 e. The van der Waals surface area contributed by atoms with Crippen molar-refractivity contribution in [2.75, 3.05) is 6.61 Å². The summed E-state index contributed by atoms with van der Waals surface area (Å²) in [6.45, 7) is 4.18. The van der Waals surface area contributed by atoms with Crippen LogP contribution in [0.4, 0.5) is 0 Å². The molecular formula is C14H20BrNO2. The van der Waals surface area contributed by atoms with Crippen LogP contribution in [-0.2, 0) is 11.2 Å². The van der Waals surface area contributed by atoms with Gasteiger partial charge in [-0.3, -0.25) is 4.79 Å². The Bertz CT molecular complexity index is 376. The molecule has 0 radical (unpaired) electrons. The van der Waals surface area contributed by atoms with Crippen LogP contribution < -0.4 is 5.32 Å². The van der Waals surface area contributed by atoms with Gasteiger partial charge in [0, 0.05) is 17.1 Å². The van der Waals surface area contributed by atoms with Crippen LogP contribution in [0.2, 0.25) is 0 Å². The van der Waals surface area contributed by atoms with Gasteiger partial charge < -0.3 is 10.4 Å². The first-order valence-corrected chi connectivity index (χ1v) is 6.97. The fourth-order valence-corrected chi connectivity index (χ4v) is 2.02. The van der Waals surface area contributed by atoms with Gasteiger partial charge in [-0.1, -0.05) is 41.9 Å². The highest BCUT2D eigenvalue weighted by molar-refractivity contribution is 9.10. The number of aliphatic hydroxyl groups excluding tert-OH is 1. The van der Waals surface area contributed by atoms with E-state index in [9.17, 15) is 4.79 Å². The Balaban J connectivity index is 2.52. The lowest BCUT2D eigenvalue weighted by Gasteiger charge is -2.21. The summed E-state index contributed by atoms with van der Waals surface area (Å²) >= 11 is 3.36. The number of aliphatic hydroxyl groups is 1. The Morgan fingerprint density at radius 2 is 1.94 bits per heavy atom. The number of halogens is 1. The van der Waals surface area contributed by atoms with Crippen LogP contribution in [0.15, 0.2) is 28.7 Å². The first-order chi connectivity index (χ1) is 8.52. The molecule has 2 N–H and O–H groups in total. The zero-order valence-electron chi connectivity index (χ0n) is 10.8. The number of amides is 1. The Morgan fingerprint density at radius 1 is 1.33 bits per heavy atom. The van der Waals surface area contributed by atoms with Crippen LogP contribution in [0.5, 0.6) is 0 Å². The van der Waals surface area contributed by atoms with E-state index in [1.807, 2.05) is 38.1 Å². The van der Waals surface area contributed by atoms with E-state index < -0.39 is 0 Å². The van der Waals surface area contributed by atoms with E-state index >= 15 is 0 Å². The third-order valence-corrected chi connectivity index (χ3v) is 3.40. The van der Waals surface area contributed by atoms with Crippen molar-refractivity contribution in [2.24, 2.45) is 5.92 Å². The molecule has 1 unspecified atom stereocenters. The quantitative estimate of drug-likeness (QED) is 0.848. The fourth-order valence-electron chi connectivity index (χ4n) is 1.76. The van der Waals surface area contributed by atoms with Crippen LogP contribution in [0.25, 0.3) is 0 Å². The van der Waals surface area contributed by atoms with E-state index in [0.717, 1.165) is 10.0 Å². The van der Waals surface area contributed by atoms with Gasteiger partial charge in [0.25, 0.3) is 0 Å². The van der Waals surface area contributed by atoms with Gasteiger partial charge in [-0.2, -0.15) is 0 Å². The lowest BCUT2D eigenvalue weighted by Crippen LogP contribution is -2.39. The molecule has 0 heterocycles. The number of carbonyl (C=O) groups excluding carboxylic acids is 1. The van der Waals surface area contributed by atoms with Crippen LogP contribution in [0, 0.1) is 5.92 Å². The van der Waals surface area contributed by atoms with Gasteiger partial charge >= 0.3 is 0 Å². The lowest BCUT2D eigenvalue weighted by atomic mass is 10.0. The Labute approximate surface area is 117 Å². The van der Waals surface area contributed by atoms with Crippen molar-refractivity contribution in [3.8, 4) is 0 Å². The average molecular weight is 314 g/mol. The SMILES string of the molecule is CC(C)C(CCO)NC(=O)Cc1ccc(Br)cc1. The summed E-state index contributed by atoms with van der Waals surface area (Å²) < 4.78 is 1.01. The smallest absolute Gasteiger partial charge is 0.224 e. The molecule has 1 aromatic carbocycles. The normalized spacial score (nSPS) is 12.5. The minimum atomic E-state index is 0.00414. The van der Waals surface area contributed by atoms with Crippen molar-refractivity contribution in [2.45, 2.75) is 32.7 Å². The van der Waals surface area contributed by atoms with E-state index in [1.165, 1.54) is 0 Å². The van der Waals surface area contributed by atoms with E-state index in [1.54, 1.807) is 0 Å². The van der Waals surface area contributed by atoms with Gasteiger partial charge in [0.1, 0.15) is 0 Å². The van der Waals surface area contributed by atoms with E-state index in [-0.39, 0.29) is 18.6 Å². The maximum absolute atomic E-state index is 11.9. The molecular weight excluding hydrogens is 294 g/mol. The summed E-state index contributed by atoms with van der Waals surface area (Å²) in [6.07, 6.45) is 0.978. The molecule has 18 heavy (non-hydrogen) atoms.